The number of fused-ring (bicyclic) bond motifs is 2. The van der Waals surface area contributed by atoms with Crippen LogP contribution in [0.5, 0.6) is 5.75 Å². The van der Waals surface area contributed by atoms with Gasteiger partial charge < -0.3 is 19.6 Å². The molecule has 8 heteroatoms. The molecule has 35 heavy (non-hydrogen) atoms. The molecular weight excluding hydrogens is 444 g/mol. The van der Waals surface area contributed by atoms with Crippen molar-refractivity contribution in [3.8, 4) is 5.75 Å². The van der Waals surface area contributed by atoms with Crippen LogP contribution in [0, 0.1) is 6.92 Å². The molecule has 2 N–H and O–H groups in total. The van der Waals surface area contributed by atoms with E-state index in [-0.39, 0.29) is 18.4 Å². The van der Waals surface area contributed by atoms with Gasteiger partial charge in [0.25, 0.3) is 5.91 Å². The summed E-state index contributed by atoms with van der Waals surface area (Å²) in [4.78, 5) is 32.5. The second kappa shape index (κ2) is 11.4. The van der Waals surface area contributed by atoms with E-state index in [1.165, 1.54) is 0 Å². The lowest BCUT2D eigenvalue weighted by Crippen LogP contribution is -2.39. The number of guanidine groups is 1. The number of unbranched alkanes of at least 4 members (excludes halogenated alkanes) is 3. The Morgan fingerprint density at radius 2 is 1.94 bits per heavy atom. The molecule has 1 atom stereocenters. The number of amides is 2. The van der Waals surface area contributed by atoms with Gasteiger partial charge in [-0.3, -0.25) is 14.9 Å². The molecule has 2 aliphatic rings. The zero-order valence-corrected chi connectivity index (χ0v) is 20.5. The lowest BCUT2D eigenvalue weighted by Gasteiger charge is -2.28. The largest absolute Gasteiger partial charge is 0.493 e. The highest BCUT2D eigenvalue weighted by Crippen LogP contribution is 2.35. The predicted octanol–water partition coefficient (Wildman–Crippen LogP) is 3.28. The van der Waals surface area contributed by atoms with Crippen molar-refractivity contribution in [1.82, 2.24) is 15.1 Å². The SMILES string of the molecule is Cc1c(OCCCCCCC(=O)N(C)Cc2ccccc2)ccc2c1CN1C(=N2)NC(=O)C1CO. The van der Waals surface area contributed by atoms with Gasteiger partial charge in [-0.05, 0) is 43.0 Å². The van der Waals surface area contributed by atoms with Crippen LogP contribution in [0.25, 0.3) is 0 Å². The number of hydrogen-bond acceptors (Lipinski definition) is 6. The molecular formula is C27H34N4O4. The second-order valence-corrected chi connectivity index (χ2v) is 9.19. The van der Waals surface area contributed by atoms with Gasteiger partial charge >= 0.3 is 0 Å². The number of nitrogens with one attached hydrogen (secondary N) is 1. The minimum atomic E-state index is -0.601. The molecule has 0 radical (unpaired) electrons. The molecule has 2 amide bonds. The van der Waals surface area contributed by atoms with Gasteiger partial charge in [0.15, 0.2) is 0 Å². The average molecular weight is 479 g/mol. The molecule has 0 spiro atoms. The highest BCUT2D eigenvalue weighted by Gasteiger charge is 2.39. The lowest BCUT2D eigenvalue weighted by atomic mass is 10.0. The molecule has 0 aromatic heterocycles. The maximum atomic E-state index is 12.4. The van der Waals surface area contributed by atoms with Crippen LogP contribution in [0.2, 0.25) is 0 Å². The van der Waals surface area contributed by atoms with Gasteiger partial charge in [-0.2, -0.15) is 0 Å². The molecule has 1 unspecified atom stereocenters. The molecule has 2 heterocycles. The van der Waals surface area contributed by atoms with Crippen molar-refractivity contribution < 1.29 is 19.4 Å². The van der Waals surface area contributed by atoms with Crippen LogP contribution < -0.4 is 10.1 Å². The normalized spacial score (nSPS) is 16.3. The minimum absolute atomic E-state index is 0.180. The minimum Gasteiger partial charge on any atom is -0.493 e. The molecule has 186 valence electrons. The highest BCUT2D eigenvalue weighted by molar-refractivity contribution is 6.07. The van der Waals surface area contributed by atoms with Gasteiger partial charge in [-0.15, -0.1) is 0 Å². The first-order valence-corrected chi connectivity index (χ1v) is 12.3. The van der Waals surface area contributed by atoms with E-state index >= 15 is 0 Å². The first kappa shape index (κ1) is 24.7. The number of hydrogen-bond donors (Lipinski definition) is 2. The van der Waals surface area contributed by atoms with Gasteiger partial charge in [-0.25, -0.2) is 4.99 Å². The van der Waals surface area contributed by atoms with Crippen LogP contribution in [-0.2, 0) is 22.7 Å². The number of carbonyl (C=O) groups excluding carboxylic acids is 2. The molecule has 1 saturated heterocycles. The third-order valence-electron chi connectivity index (χ3n) is 6.67. The third kappa shape index (κ3) is 5.82. The predicted molar refractivity (Wildman–Crippen MR) is 134 cm³/mol. The number of nitrogens with zero attached hydrogens (tertiary/aromatic N) is 3. The van der Waals surface area contributed by atoms with Gasteiger partial charge in [0.1, 0.15) is 11.8 Å². The Morgan fingerprint density at radius 3 is 2.71 bits per heavy atom. The van der Waals surface area contributed by atoms with E-state index < -0.39 is 6.04 Å². The van der Waals surface area contributed by atoms with Crippen molar-refractivity contribution >= 4 is 23.5 Å². The van der Waals surface area contributed by atoms with Gasteiger partial charge in [0.05, 0.1) is 18.9 Å². The molecule has 2 aromatic rings. The van der Waals surface area contributed by atoms with Crippen LogP contribution in [-0.4, -0.2) is 59.0 Å². The molecule has 0 bridgehead atoms. The van der Waals surface area contributed by atoms with Crippen molar-refractivity contribution in [1.29, 1.82) is 0 Å². The smallest absolute Gasteiger partial charge is 0.251 e. The topological polar surface area (TPSA) is 94.5 Å². The quantitative estimate of drug-likeness (QED) is 0.484. The summed E-state index contributed by atoms with van der Waals surface area (Å²) in [5, 5.41) is 12.3. The highest BCUT2D eigenvalue weighted by atomic mass is 16.5. The first-order valence-electron chi connectivity index (χ1n) is 12.3. The number of aliphatic imine (C=N–C) groups is 1. The van der Waals surface area contributed by atoms with Crippen LogP contribution in [0.3, 0.4) is 0 Å². The fourth-order valence-electron chi connectivity index (χ4n) is 4.53. The van der Waals surface area contributed by atoms with E-state index in [4.69, 9.17) is 4.74 Å². The molecule has 8 nitrogen and oxygen atoms in total. The van der Waals surface area contributed by atoms with Crippen LogP contribution in [0.1, 0.15) is 48.8 Å². The molecule has 1 fully saturated rings. The molecule has 4 rings (SSSR count). The Kier molecular flexibility index (Phi) is 8.02. The van der Waals surface area contributed by atoms with Crippen molar-refractivity contribution in [2.75, 3.05) is 20.3 Å². The second-order valence-electron chi connectivity index (χ2n) is 9.19. The van der Waals surface area contributed by atoms with E-state index in [0.29, 0.717) is 32.1 Å². The third-order valence-corrected chi connectivity index (χ3v) is 6.67. The van der Waals surface area contributed by atoms with Gasteiger partial charge in [0.2, 0.25) is 11.9 Å². The molecule has 2 aliphatic heterocycles. The molecule has 0 saturated carbocycles. The Labute approximate surface area is 206 Å². The van der Waals surface area contributed by atoms with Crippen LogP contribution in [0.15, 0.2) is 47.5 Å². The maximum absolute atomic E-state index is 12.4. The number of aliphatic hydroxyl groups excluding tert-OH is 1. The fraction of sp³-hybridized carbons (Fsp3) is 0.444. The summed E-state index contributed by atoms with van der Waals surface area (Å²) in [6.07, 6.45) is 4.37. The van der Waals surface area contributed by atoms with E-state index in [2.05, 4.69) is 10.3 Å². The van der Waals surface area contributed by atoms with Gasteiger partial charge in [0, 0.05) is 32.1 Å². The number of carbonyl (C=O) groups is 2. The summed E-state index contributed by atoms with van der Waals surface area (Å²) in [6, 6.07) is 13.3. The molecule has 0 aliphatic carbocycles. The number of aliphatic hydroxyl groups is 1. The van der Waals surface area contributed by atoms with E-state index in [1.54, 1.807) is 9.80 Å². The lowest BCUT2D eigenvalue weighted by molar-refractivity contribution is -0.130. The van der Waals surface area contributed by atoms with Gasteiger partial charge in [-0.1, -0.05) is 43.2 Å². The van der Waals surface area contributed by atoms with Crippen molar-refractivity contribution in [2.24, 2.45) is 4.99 Å². The van der Waals surface area contributed by atoms with E-state index in [9.17, 15) is 14.7 Å². The summed E-state index contributed by atoms with van der Waals surface area (Å²) in [7, 11) is 1.86. The number of ether oxygens (including phenoxy) is 1. The zero-order valence-electron chi connectivity index (χ0n) is 20.5. The monoisotopic (exact) mass is 478 g/mol. The summed E-state index contributed by atoms with van der Waals surface area (Å²) < 4.78 is 6.05. The summed E-state index contributed by atoms with van der Waals surface area (Å²) in [5.41, 5.74) is 3.98. The summed E-state index contributed by atoms with van der Waals surface area (Å²) in [6.45, 7) is 3.52. The van der Waals surface area contributed by atoms with E-state index in [0.717, 1.165) is 53.8 Å². The summed E-state index contributed by atoms with van der Waals surface area (Å²) in [5.74, 6) is 1.27. The van der Waals surface area contributed by atoms with Crippen LogP contribution >= 0.6 is 0 Å². The first-order chi connectivity index (χ1) is 17.0. The van der Waals surface area contributed by atoms with Crippen molar-refractivity contribution in [3.05, 3.63) is 59.2 Å². The van der Waals surface area contributed by atoms with Crippen LogP contribution in [0.4, 0.5) is 5.69 Å². The Morgan fingerprint density at radius 1 is 1.17 bits per heavy atom. The standard InChI is InChI=1S/C27H34N4O4/c1-19-21-17-31-23(18-32)26(34)29-27(31)28-22(21)13-14-24(19)35-15-9-4-3-8-12-25(33)30(2)16-20-10-6-5-7-11-20/h5-7,10-11,13-14,23,32H,3-4,8-9,12,15-18H2,1-2H3,(H,28,29,34). The van der Waals surface area contributed by atoms with Crippen molar-refractivity contribution in [2.45, 2.75) is 58.2 Å². The maximum Gasteiger partial charge on any atom is 0.251 e. The number of rotatable bonds is 11. The Hall–Kier alpha value is -3.39. The Balaban J connectivity index is 1.18. The number of benzene rings is 2. The Bertz CT molecular complexity index is 1090. The zero-order chi connectivity index (χ0) is 24.8. The summed E-state index contributed by atoms with van der Waals surface area (Å²) >= 11 is 0. The van der Waals surface area contributed by atoms with E-state index in [1.807, 2.05) is 56.4 Å². The van der Waals surface area contributed by atoms with Crippen molar-refractivity contribution in [3.63, 3.8) is 0 Å². The average Bonchev–Trinajstić information content (AvgIpc) is 3.17. The fourth-order valence-corrected chi connectivity index (χ4v) is 4.53. The molecule has 2 aromatic carbocycles.